The molecule has 0 bridgehead atoms. The summed E-state index contributed by atoms with van der Waals surface area (Å²) in [5.41, 5.74) is 0.885. The van der Waals surface area contributed by atoms with E-state index in [1.54, 1.807) is 0 Å². The molecule has 3 fully saturated rings. The van der Waals surface area contributed by atoms with E-state index in [0.717, 1.165) is 23.3 Å². The monoisotopic (exact) mass is 137 g/mol. The molecule has 3 aliphatic rings. The van der Waals surface area contributed by atoms with Crippen LogP contribution >= 0.6 is 0 Å². The van der Waals surface area contributed by atoms with Crippen molar-refractivity contribution in [2.75, 3.05) is 6.54 Å². The highest BCUT2D eigenvalue weighted by Gasteiger charge is 2.86. The van der Waals surface area contributed by atoms with Crippen LogP contribution in [0, 0.1) is 17.3 Å². The average molecular weight is 137 g/mol. The van der Waals surface area contributed by atoms with Crippen molar-refractivity contribution in [2.45, 2.75) is 32.2 Å². The molecule has 3 unspecified atom stereocenters. The van der Waals surface area contributed by atoms with Gasteiger partial charge in [0.25, 0.3) is 0 Å². The van der Waals surface area contributed by atoms with Gasteiger partial charge >= 0.3 is 0 Å². The second-order valence-electron chi connectivity index (χ2n) is 4.22. The van der Waals surface area contributed by atoms with Gasteiger partial charge in [0.15, 0.2) is 0 Å². The lowest BCUT2D eigenvalue weighted by Gasteiger charge is -2.09. The smallest absolute Gasteiger partial charge is 0.0167 e. The first-order valence-corrected chi connectivity index (χ1v) is 4.64. The summed E-state index contributed by atoms with van der Waals surface area (Å²) in [5, 5.41) is 3.57. The lowest BCUT2D eigenvalue weighted by atomic mass is 9.98. The van der Waals surface area contributed by atoms with Gasteiger partial charge in [-0.25, -0.2) is 0 Å². The minimum absolute atomic E-state index is 0.885. The molecule has 0 aromatic heterocycles. The second kappa shape index (κ2) is 1.42. The highest BCUT2D eigenvalue weighted by Crippen LogP contribution is 2.84. The highest BCUT2D eigenvalue weighted by molar-refractivity contribution is 5.37. The van der Waals surface area contributed by atoms with Crippen molar-refractivity contribution in [2.24, 2.45) is 17.3 Å². The fourth-order valence-corrected chi connectivity index (χ4v) is 3.44. The summed E-state index contributed by atoms with van der Waals surface area (Å²) in [6, 6.07) is 0.990. The summed E-state index contributed by atoms with van der Waals surface area (Å²) in [4.78, 5) is 0. The first kappa shape index (κ1) is 5.59. The van der Waals surface area contributed by atoms with Gasteiger partial charge in [-0.3, -0.25) is 0 Å². The van der Waals surface area contributed by atoms with Crippen molar-refractivity contribution in [3.05, 3.63) is 0 Å². The van der Waals surface area contributed by atoms with E-state index in [1.807, 2.05) is 0 Å². The molecule has 1 saturated heterocycles. The van der Waals surface area contributed by atoms with E-state index in [4.69, 9.17) is 0 Å². The summed E-state index contributed by atoms with van der Waals surface area (Å²) < 4.78 is 0. The molecule has 1 aliphatic heterocycles. The maximum absolute atomic E-state index is 3.57. The highest BCUT2D eigenvalue weighted by atomic mass is 15.2. The molecule has 3 rings (SSSR count). The van der Waals surface area contributed by atoms with Crippen LogP contribution < -0.4 is 5.32 Å². The number of hydrogen-bond donors (Lipinski definition) is 1. The van der Waals surface area contributed by atoms with E-state index < -0.39 is 0 Å². The quantitative estimate of drug-likeness (QED) is 0.606. The van der Waals surface area contributed by atoms with Crippen LogP contribution in [-0.2, 0) is 0 Å². The Balaban J connectivity index is 1.70. The van der Waals surface area contributed by atoms with Gasteiger partial charge in [0.1, 0.15) is 0 Å². The topological polar surface area (TPSA) is 12.0 Å². The molecule has 0 radical (unpaired) electrons. The zero-order valence-electron chi connectivity index (χ0n) is 6.56. The van der Waals surface area contributed by atoms with Gasteiger partial charge in [-0.05, 0) is 36.6 Å². The van der Waals surface area contributed by atoms with Crippen LogP contribution in [0.5, 0.6) is 0 Å². The SMILES string of the molecule is CCCC1C2C3NCC[C@]132. The third-order valence-electron chi connectivity index (χ3n) is 3.99. The van der Waals surface area contributed by atoms with Crippen LogP contribution in [0.1, 0.15) is 26.2 Å². The van der Waals surface area contributed by atoms with Crippen molar-refractivity contribution in [1.29, 1.82) is 0 Å². The zero-order chi connectivity index (χ0) is 6.77. The van der Waals surface area contributed by atoms with Crippen LogP contribution in [0.15, 0.2) is 0 Å². The Morgan fingerprint density at radius 2 is 2.50 bits per heavy atom. The Bertz CT molecular complexity index is 178. The minimum Gasteiger partial charge on any atom is -0.313 e. The second-order valence-corrected chi connectivity index (χ2v) is 4.22. The molecule has 0 amide bonds. The van der Waals surface area contributed by atoms with Gasteiger partial charge in [-0.15, -0.1) is 0 Å². The lowest BCUT2D eigenvalue weighted by Crippen LogP contribution is -2.21. The number of hydrogen-bond acceptors (Lipinski definition) is 1. The van der Waals surface area contributed by atoms with Crippen LogP contribution in [-0.4, -0.2) is 12.6 Å². The maximum atomic E-state index is 3.57. The van der Waals surface area contributed by atoms with Gasteiger partial charge in [0, 0.05) is 6.04 Å². The molecule has 4 atom stereocenters. The van der Waals surface area contributed by atoms with E-state index in [-0.39, 0.29) is 0 Å². The van der Waals surface area contributed by atoms with Gasteiger partial charge in [-0.1, -0.05) is 13.3 Å². The summed E-state index contributed by atoms with van der Waals surface area (Å²) in [7, 11) is 0. The fourth-order valence-electron chi connectivity index (χ4n) is 3.44. The Kier molecular flexibility index (Phi) is 0.797. The Hall–Kier alpha value is -0.0400. The number of piperidine rings is 1. The summed E-state index contributed by atoms with van der Waals surface area (Å²) in [6.07, 6.45) is 4.39. The largest absolute Gasteiger partial charge is 0.313 e. The molecule has 1 spiro atoms. The van der Waals surface area contributed by atoms with E-state index in [2.05, 4.69) is 12.2 Å². The van der Waals surface area contributed by atoms with E-state index in [1.165, 1.54) is 25.8 Å². The molecule has 2 saturated carbocycles. The third kappa shape index (κ3) is 0.378. The first-order chi connectivity index (χ1) is 4.91. The van der Waals surface area contributed by atoms with Gasteiger partial charge < -0.3 is 5.32 Å². The van der Waals surface area contributed by atoms with E-state index >= 15 is 0 Å². The van der Waals surface area contributed by atoms with Gasteiger partial charge in [-0.2, -0.15) is 0 Å². The maximum Gasteiger partial charge on any atom is 0.0167 e. The molecular formula is C9H15N. The lowest BCUT2D eigenvalue weighted by molar-refractivity contribution is 0.431. The molecule has 1 heterocycles. The molecule has 1 heteroatoms. The standard InChI is InChI=1S/C9H15N/c1-2-3-6-7-8-9(6,7)4-5-10-8/h6-8,10H,2-5H2,1H3/t6?,7?,8?,9-/m1/s1. The van der Waals surface area contributed by atoms with Crippen molar-refractivity contribution < 1.29 is 0 Å². The van der Waals surface area contributed by atoms with Crippen molar-refractivity contribution >= 4 is 0 Å². The van der Waals surface area contributed by atoms with E-state index in [9.17, 15) is 0 Å². The summed E-state index contributed by atoms with van der Waals surface area (Å²) in [6.45, 7) is 3.62. The fraction of sp³-hybridized carbons (Fsp3) is 1.00. The molecule has 1 nitrogen and oxygen atoms in total. The minimum atomic E-state index is 0.885. The van der Waals surface area contributed by atoms with Crippen LogP contribution in [0.3, 0.4) is 0 Å². The average Bonchev–Trinajstić information content (AvgIpc) is 2.72. The van der Waals surface area contributed by atoms with Crippen LogP contribution in [0.25, 0.3) is 0 Å². The molecule has 56 valence electrons. The van der Waals surface area contributed by atoms with Gasteiger partial charge in [0.05, 0.1) is 0 Å². The first-order valence-electron chi connectivity index (χ1n) is 4.64. The predicted octanol–water partition coefficient (Wildman–Crippen LogP) is 1.39. The number of fused-ring (bicyclic) bond motifs is 1. The number of nitrogens with one attached hydrogen (secondary N) is 1. The molecule has 10 heavy (non-hydrogen) atoms. The molecule has 1 N–H and O–H groups in total. The zero-order valence-corrected chi connectivity index (χ0v) is 6.56. The van der Waals surface area contributed by atoms with Crippen molar-refractivity contribution in [3.63, 3.8) is 0 Å². The molecule has 0 aromatic rings. The normalized spacial score (nSPS) is 61.5. The van der Waals surface area contributed by atoms with Crippen molar-refractivity contribution in [3.8, 4) is 0 Å². The Labute approximate surface area is 62.2 Å². The molecular weight excluding hydrogens is 122 g/mol. The van der Waals surface area contributed by atoms with Crippen LogP contribution in [0.2, 0.25) is 0 Å². The summed E-state index contributed by atoms with van der Waals surface area (Å²) >= 11 is 0. The Morgan fingerprint density at radius 1 is 1.60 bits per heavy atom. The van der Waals surface area contributed by atoms with Crippen molar-refractivity contribution in [1.82, 2.24) is 5.32 Å². The molecule has 0 aromatic carbocycles. The Morgan fingerprint density at radius 3 is 3.10 bits per heavy atom. The summed E-state index contributed by atoms with van der Waals surface area (Å²) in [5.74, 6) is 2.29. The third-order valence-corrected chi connectivity index (χ3v) is 3.99. The van der Waals surface area contributed by atoms with Crippen LogP contribution in [0.4, 0.5) is 0 Å². The number of rotatable bonds is 2. The predicted molar refractivity (Wildman–Crippen MR) is 40.7 cm³/mol. The van der Waals surface area contributed by atoms with Gasteiger partial charge in [0.2, 0.25) is 0 Å². The molecule has 2 aliphatic carbocycles. The van der Waals surface area contributed by atoms with E-state index in [0.29, 0.717) is 0 Å².